The number of aliphatic carboxylic acids is 1. The minimum absolute atomic E-state index is 0.0451. The molecule has 0 bridgehead atoms. The van der Waals surface area contributed by atoms with Gasteiger partial charge in [-0.1, -0.05) is 0 Å². The molecule has 0 aromatic heterocycles. The highest BCUT2D eigenvalue weighted by molar-refractivity contribution is 7.94. The van der Waals surface area contributed by atoms with Gasteiger partial charge in [0.15, 0.2) is 15.1 Å². The molecule has 0 spiro atoms. The summed E-state index contributed by atoms with van der Waals surface area (Å²) >= 11 is 3.77. The number of rotatable bonds is 6. The number of anilines is 1. The van der Waals surface area contributed by atoms with Crippen molar-refractivity contribution in [2.45, 2.75) is 10.1 Å². The summed E-state index contributed by atoms with van der Waals surface area (Å²) < 4.78 is 34.6. The zero-order valence-electron chi connectivity index (χ0n) is 10.9. The van der Waals surface area contributed by atoms with E-state index >= 15 is 0 Å². The fourth-order valence-electron chi connectivity index (χ4n) is 1.58. The van der Waals surface area contributed by atoms with Crippen LogP contribution >= 0.6 is 12.6 Å². The molecule has 1 atom stereocenters. The van der Waals surface area contributed by atoms with Crippen LogP contribution in [-0.2, 0) is 14.6 Å². The van der Waals surface area contributed by atoms with Gasteiger partial charge in [0.25, 0.3) is 0 Å². The summed E-state index contributed by atoms with van der Waals surface area (Å²) in [6.07, 6.45) is 0. The maximum Gasteiger partial charge on any atom is 0.323 e. The van der Waals surface area contributed by atoms with E-state index in [2.05, 4.69) is 12.6 Å². The molecular formula is C11H15NO6S2. The Labute approximate surface area is 122 Å². The van der Waals surface area contributed by atoms with Crippen molar-refractivity contribution in [3.05, 3.63) is 12.1 Å². The average molecular weight is 321 g/mol. The van der Waals surface area contributed by atoms with Gasteiger partial charge in [-0.3, -0.25) is 4.79 Å². The number of hydrogen-bond donors (Lipinski definition) is 3. The summed E-state index contributed by atoms with van der Waals surface area (Å²) in [6, 6.07) is 2.41. The number of methoxy groups -OCH3 is 2. The zero-order valence-corrected chi connectivity index (χ0v) is 12.6. The third-order valence-electron chi connectivity index (χ3n) is 2.64. The van der Waals surface area contributed by atoms with E-state index in [0.717, 1.165) is 6.07 Å². The van der Waals surface area contributed by atoms with E-state index in [1.54, 1.807) is 0 Å². The molecule has 20 heavy (non-hydrogen) atoms. The molecule has 0 saturated heterocycles. The predicted octanol–water partition coefficient (Wildman–Crippen LogP) is 0.443. The van der Waals surface area contributed by atoms with Gasteiger partial charge in [0.1, 0.15) is 16.4 Å². The van der Waals surface area contributed by atoms with Crippen molar-refractivity contribution in [3.8, 4) is 11.5 Å². The van der Waals surface area contributed by atoms with Gasteiger partial charge >= 0.3 is 5.97 Å². The topological polar surface area (TPSA) is 116 Å². The molecule has 0 radical (unpaired) electrons. The van der Waals surface area contributed by atoms with Crippen molar-refractivity contribution in [1.82, 2.24) is 0 Å². The highest BCUT2D eigenvalue weighted by Gasteiger charge is 2.35. The Morgan fingerprint density at radius 1 is 1.35 bits per heavy atom. The normalized spacial score (nSPS) is 12.8. The second kappa shape index (κ2) is 6.23. The number of nitrogen functional groups attached to an aromatic ring is 1. The van der Waals surface area contributed by atoms with Gasteiger partial charge < -0.3 is 20.3 Å². The highest BCUT2D eigenvalue weighted by atomic mass is 32.2. The number of carbonyl (C=O) groups is 1. The molecular weight excluding hydrogens is 306 g/mol. The van der Waals surface area contributed by atoms with Crippen LogP contribution in [0.4, 0.5) is 5.69 Å². The summed E-state index contributed by atoms with van der Waals surface area (Å²) in [4.78, 5) is 10.7. The molecule has 112 valence electrons. The van der Waals surface area contributed by atoms with E-state index in [4.69, 9.17) is 20.3 Å². The molecule has 0 heterocycles. The van der Waals surface area contributed by atoms with Gasteiger partial charge in [-0.05, 0) is 0 Å². The molecule has 1 aromatic carbocycles. The monoisotopic (exact) mass is 321 g/mol. The largest absolute Gasteiger partial charge is 0.495 e. The maximum atomic E-state index is 12.4. The number of hydrogen-bond acceptors (Lipinski definition) is 7. The number of nitrogens with two attached hydrogens (primary N) is 1. The van der Waals surface area contributed by atoms with Crippen LogP contribution in [0.5, 0.6) is 11.5 Å². The molecule has 7 nitrogen and oxygen atoms in total. The lowest BCUT2D eigenvalue weighted by atomic mass is 10.3. The summed E-state index contributed by atoms with van der Waals surface area (Å²) in [5, 5.41) is 7.30. The molecule has 1 rings (SSSR count). The Kier molecular flexibility index (Phi) is 5.12. The van der Waals surface area contributed by atoms with E-state index in [-0.39, 0.29) is 27.8 Å². The van der Waals surface area contributed by atoms with Crippen molar-refractivity contribution in [2.75, 3.05) is 25.7 Å². The SMILES string of the molecule is COc1cc(S(=O)(=O)C(CS)C(=O)O)c(OC)cc1N. The van der Waals surface area contributed by atoms with Crippen molar-refractivity contribution in [3.63, 3.8) is 0 Å². The van der Waals surface area contributed by atoms with E-state index in [1.165, 1.54) is 20.3 Å². The van der Waals surface area contributed by atoms with Gasteiger partial charge in [0, 0.05) is 17.9 Å². The lowest BCUT2D eigenvalue weighted by Gasteiger charge is -2.16. The minimum Gasteiger partial charge on any atom is -0.495 e. The van der Waals surface area contributed by atoms with E-state index in [1.807, 2.05) is 0 Å². The second-order valence-electron chi connectivity index (χ2n) is 3.80. The second-order valence-corrected chi connectivity index (χ2v) is 6.26. The highest BCUT2D eigenvalue weighted by Crippen LogP contribution is 2.35. The first-order valence-electron chi connectivity index (χ1n) is 5.38. The van der Waals surface area contributed by atoms with Crippen LogP contribution in [0.2, 0.25) is 0 Å². The van der Waals surface area contributed by atoms with Crippen molar-refractivity contribution >= 4 is 34.1 Å². The molecule has 1 aromatic rings. The van der Waals surface area contributed by atoms with Crippen molar-refractivity contribution in [2.24, 2.45) is 0 Å². The van der Waals surface area contributed by atoms with Crippen LogP contribution < -0.4 is 15.2 Å². The van der Waals surface area contributed by atoms with Crippen molar-refractivity contribution < 1.29 is 27.8 Å². The smallest absolute Gasteiger partial charge is 0.323 e. The number of benzene rings is 1. The van der Waals surface area contributed by atoms with Gasteiger partial charge in [-0.25, -0.2) is 8.42 Å². The predicted molar refractivity (Wildman–Crippen MR) is 76.4 cm³/mol. The van der Waals surface area contributed by atoms with Crippen molar-refractivity contribution in [1.29, 1.82) is 0 Å². The fourth-order valence-corrected chi connectivity index (χ4v) is 3.79. The lowest BCUT2D eigenvalue weighted by molar-refractivity contribution is -0.136. The van der Waals surface area contributed by atoms with Gasteiger partial charge in [0.2, 0.25) is 0 Å². The molecule has 0 aliphatic heterocycles. The number of ether oxygens (including phenoxy) is 2. The van der Waals surface area contributed by atoms with Crippen LogP contribution in [0, 0.1) is 0 Å². The number of carboxylic acid groups (broad SMARTS) is 1. The summed E-state index contributed by atoms with van der Waals surface area (Å²) in [7, 11) is -1.60. The number of sulfone groups is 1. The molecule has 3 N–H and O–H groups in total. The summed E-state index contributed by atoms with van der Waals surface area (Å²) in [5.74, 6) is -1.78. The molecule has 1 unspecified atom stereocenters. The molecule has 0 amide bonds. The Balaban J connectivity index is 3.55. The van der Waals surface area contributed by atoms with Gasteiger partial charge in [-0.2, -0.15) is 12.6 Å². The molecule has 0 aliphatic rings. The van der Waals surface area contributed by atoms with Crippen LogP contribution in [0.1, 0.15) is 0 Å². The standard InChI is InChI=1S/C11H15NO6S2/c1-17-7-4-9(8(18-2)3-6(7)12)20(15,16)10(5-19)11(13)14/h3-4,10,19H,5,12H2,1-2H3,(H,13,14). The lowest BCUT2D eigenvalue weighted by Crippen LogP contribution is -2.32. The van der Waals surface area contributed by atoms with E-state index in [0.29, 0.717) is 0 Å². The van der Waals surface area contributed by atoms with Crippen LogP contribution in [0.25, 0.3) is 0 Å². The average Bonchev–Trinajstić information content (AvgIpc) is 2.37. The van der Waals surface area contributed by atoms with Gasteiger partial charge in [-0.15, -0.1) is 0 Å². The molecule has 0 fully saturated rings. The Morgan fingerprint density at radius 3 is 2.30 bits per heavy atom. The van der Waals surface area contributed by atoms with E-state index in [9.17, 15) is 13.2 Å². The summed E-state index contributed by atoms with van der Waals surface area (Å²) in [6.45, 7) is 0. The molecule has 9 heteroatoms. The minimum atomic E-state index is -4.18. The third-order valence-corrected chi connectivity index (χ3v) is 5.30. The first-order chi connectivity index (χ1) is 9.29. The summed E-state index contributed by atoms with van der Waals surface area (Å²) in [5.41, 5.74) is 5.84. The Bertz CT molecular complexity index is 614. The van der Waals surface area contributed by atoms with E-state index < -0.39 is 21.1 Å². The number of carboxylic acids is 1. The zero-order chi connectivity index (χ0) is 15.5. The Morgan fingerprint density at radius 2 is 1.90 bits per heavy atom. The van der Waals surface area contributed by atoms with Gasteiger partial charge in [0.05, 0.1) is 19.9 Å². The molecule has 0 saturated carbocycles. The maximum absolute atomic E-state index is 12.4. The first-order valence-corrected chi connectivity index (χ1v) is 7.56. The Hall–Kier alpha value is -1.61. The van der Waals surface area contributed by atoms with Crippen LogP contribution in [-0.4, -0.2) is 44.7 Å². The third kappa shape index (κ3) is 2.93. The molecule has 0 aliphatic carbocycles. The quantitative estimate of drug-likeness (QED) is 0.514. The fraction of sp³-hybridized carbons (Fsp3) is 0.364. The van der Waals surface area contributed by atoms with Crippen LogP contribution in [0.3, 0.4) is 0 Å². The van der Waals surface area contributed by atoms with Crippen LogP contribution in [0.15, 0.2) is 17.0 Å². The first kappa shape index (κ1) is 16.4. The number of thiol groups is 1.